The molecule has 2 aromatic rings. The van der Waals surface area contributed by atoms with Gasteiger partial charge in [-0.25, -0.2) is 4.98 Å². The number of thiazole rings is 1. The molecule has 1 aromatic carbocycles. The predicted molar refractivity (Wildman–Crippen MR) is 87.8 cm³/mol. The molecule has 1 aromatic heterocycles. The molecule has 0 aliphatic carbocycles. The van der Waals surface area contributed by atoms with E-state index < -0.39 is 0 Å². The molecule has 20 heavy (non-hydrogen) atoms. The van der Waals surface area contributed by atoms with Crippen molar-refractivity contribution < 1.29 is 0 Å². The fraction of sp³-hybridized carbons (Fsp3) is 0.438. The summed E-state index contributed by atoms with van der Waals surface area (Å²) in [5, 5.41) is 1.92. The van der Waals surface area contributed by atoms with Crippen LogP contribution in [-0.2, 0) is 0 Å². The third kappa shape index (κ3) is 2.57. The molecule has 0 spiro atoms. The van der Waals surface area contributed by atoms with Crippen molar-refractivity contribution in [1.29, 1.82) is 0 Å². The number of nitrogens with zero attached hydrogens (tertiary/aromatic N) is 2. The van der Waals surface area contributed by atoms with Gasteiger partial charge in [-0.15, -0.1) is 0 Å². The molecular weight excluding hydrogens is 288 g/mol. The van der Waals surface area contributed by atoms with Gasteiger partial charge in [0, 0.05) is 29.9 Å². The van der Waals surface area contributed by atoms with E-state index >= 15 is 0 Å². The maximum absolute atomic E-state index is 6.26. The summed E-state index contributed by atoms with van der Waals surface area (Å²) < 4.78 is 0. The fourth-order valence-electron chi connectivity index (χ4n) is 2.67. The third-order valence-electron chi connectivity index (χ3n) is 4.31. The monoisotopic (exact) mass is 306 g/mol. The summed E-state index contributed by atoms with van der Waals surface area (Å²) in [5.74, 6) is 0. The molecule has 0 saturated carbocycles. The summed E-state index contributed by atoms with van der Waals surface area (Å²) in [6.07, 6.45) is 4.43. The number of anilines is 1. The number of halogens is 1. The van der Waals surface area contributed by atoms with Crippen LogP contribution in [0.4, 0.5) is 5.13 Å². The second-order valence-electron chi connectivity index (χ2n) is 5.82. The van der Waals surface area contributed by atoms with E-state index in [9.17, 15) is 0 Å². The minimum absolute atomic E-state index is 0.441. The highest BCUT2D eigenvalue weighted by atomic mass is 35.5. The molecule has 1 unspecified atom stereocenters. The van der Waals surface area contributed by atoms with Gasteiger partial charge in [-0.3, -0.25) is 0 Å². The SMILES string of the molecule is CCC1(C)CCN(c2ncc(-c3ccccc3Cl)s2)C1. The average Bonchev–Trinajstić information content (AvgIpc) is 3.07. The molecule has 2 nitrogen and oxygen atoms in total. The van der Waals surface area contributed by atoms with E-state index in [1.54, 1.807) is 11.3 Å². The summed E-state index contributed by atoms with van der Waals surface area (Å²) >= 11 is 8.00. The van der Waals surface area contributed by atoms with Gasteiger partial charge in [0.1, 0.15) is 0 Å². The van der Waals surface area contributed by atoms with Crippen molar-refractivity contribution >= 4 is 28.1 Å². The highest BCUT2D eigenvalue weighted by Crippen LogP contribution is 2.40. The average molecular weight is 307 g/mol. The molecule has 1 aliphatic heterocycles. The van der Waals surface area contributed by atoms with Crippen LogP contribution in [0, 0.1) is 5.41 Å². The van der Waals surface area contributed by atoms with Gasteiger partial charge in [-0.2, -0.15) is 0 Å². The summed E-state index contributed by atoms with van der Waals surface area (Å²) in [7, 11) is 0. The Labute approximate surface area is 129 Å². The molecule has 1 atom stereocenters. The van der Waals surface area contributed by atoms with Crippen LogP contribution >= 0.6 is 22.9 Å². The second kappa shape index (κ2) is 5.38. The maximum Gasteiger partial charge on any atom is 0.185 e. The lowest BCUT2D eigenvalue weighted by Gasteiger charge is -2.22. The lowest BCUT2D eigenvalue weighted by molar-refractivity contribution is 0.355. The molecule has 1 aliphatic rings. The Morgan fingerprint density at radius 1 is 1.40 bits per heavy atom. The second-order valence-corrected chi connectivity index (χ2v) is 7.24. The predicted octanol–water partition coefficient (Wildman–Crippen LogP) is 5.09. The van der Waals surface area contributed by atoms with E-state index in [1.807, 2.05) is 24.4 Å². The van der Waals surface area contributed by atoms with Crippen molar-refractivity contribution in [1.82, 2.24) is 4.98 Å². The lowest BCUT2D eigenvalue weighted by atomic mass is 9.87. The Morgan fingerprint density at radius 2 is 2.20 bits per heavy atom. The Hall–Kier alpha value is -1.06. The van der Waals surface area contributed by atoms with Gasteiger partial charge >= 0.3 is 0 Å². The zero-order valence-corrected chi connectivity index (χ0v) is 13.5. The number of rotatable bonds is 3. The van der Waals surface area contributed by atoms with E-state index in [1.165, 1.54) is 12.8 Å². The molecule has 0 bridgehead atoms. The van der Waals surface area contributed by atoms with Gasteiger partial charge in [0.15, 0.2) is 5.13 Å². The molecule has 1 fully saturated rings. The fourth-order valence-corrected chi connectivity index (χ4v) is 3.95. The van der Waals surface area contributed by atoms with Crippen LogP contribution in [0.3, 0.4) is 0 Å². The number of benzene rings is 1. The zero-order valence-electron chi connectivity index (χ0n) is 11.9. The smallest absolute Gasteiger partial charge is 0.185 e. The minimum Gasteiger partial charge on any atom is -0.348 e. The maximum atomic E-state index is 6.26. The van der Waals surface area contributed by atoms with Crippen molar-refractivity contribution in [2.45, 2.75) is 26.7 Å². The topological polar surface area (TPSA) is 16.1 Å². The van der Waals surface area contributed by atoms with Crippen LogP contribution in [0.2, 0.25) is 5.02 Å². The lowest BCUT2D eigenvalue weighted by Crippen LogP contribution is -2.23. The Kier molecular flexibility index (Phi) is 3.74. The van der Waals surface area contributed by atoms with Crippen molar-refractivity contribution in [3.63, 3.8) is 0 Å². The third-order valence-corrected chi connectivity index (χ3v) is 5.74. The van der Waals surface area contributed by atoms with E-state index in [4.69, 9.17) is 11.6 Å². The van der Waals surface area contributed by atoms with Gasteiger partial charge < -0.3 is 4.90 Å². The van der Waals surface area contributed by atoms with E-state index in [2.05, 4.69) is 29.8 Å². The van der Waals surface area contributed by atoms with Gasteiger partial charge in [0.2, 0.25) is 0 Å². The zero-order chi connectivity index (χ0) is 14.2. The Balaban J connectivity index is 1.83. The van der Waals surface area contributed by atoms with Crippen molar-refractivity contribution in [2.75, 3.05) is 18.0 Å². The van der Waals surface area contributed by atoms with Crippen LogP contribution in [0.1, 0.15) is 26.7 Å². The molecule has 4 heteroatoms. The van der Waals surface area contributed by atoms with Gasteiger partial charge in [-0.05, 0) is 24.3 Å². The number of aromatic nitrogens is 1. The van der Waals surface area contributed by atoms with Crippen LogP contribution in [0.25, 0.3) is 10.4 Å². The van der Waals surface area contributed by atoms with E-state index in [0.29, 0.717) is 5.41 Å². The van der Waals surface area contributed by atoms with Gasteiger partial charge in [-0.1, -0.05) is 55.0 Å². The Bertz CT molecular complexity index is 610. The summed E-state index contributed by atoms with van der Waals surface area (Å²) in [6, 6.07) is 7.96. The largest absolute Gasteiger partial charge is 0.348 e. The minimum atomic E-state index is 0.441. The summed E-state index contributed by atoms with van der Waals surface area (Å²) in [5.41, 5.74) is 1.52. The molecule has 0 amide bonds. The van der Waals surface area contributed by atoms with E-state index in [-0.39, 0.29) is 0 Å². The first-order chi connectivity index (χ1) is 9.61. The van der Waals surface area contributed by atoms with Gasteiger partial charge in [0.05, 0.1) is 4.88 Å². The number of hydrogen-bond acceptors (Lipinski definition) is 3. The Morgan fingerprint density at radius 3 is 2.90 bits per heavy atom. The van der Waals surface area contributed by atoms with Crippen LogP contribution in [-0.4, -0.2) is 18.1 Å². The standard InChI is InChI=1S/C16H19ClN2S/c1-3-16(2)8-9-19(11-16)15-18-10-14(20-15)12-6-4-5-7-13(12)17/h4-7,10H,3,8-9,11H2,1-2H3. The molecule has 1 saturated heterocycles. The van der Waals surface area contributed by atoms with Gasteiger partial charge in [0.25, 0.3) is 0 Å². The quantitative estimate of drug-likeness (QED) is 0.785. The molecule has 3 rings (SSSR count). The molecular formula is C16H19ClN2S. The molecule has 2 heterocycles. The first-order valence-corrected chi connectivity index (χ1v) is 8.26. The summed E-state index contributed by atoms with van der Waals surface area (Å²) in [6.45, 7) is 6.87. The number of hydrogen-bond donors (Lipinski definition) is 0. The van der Waals surface area contributed by atoms with E-state index in [0.717, 1.165) is 33.7 Å². The summed E-state index contributed by atoms with van der Waals surface area (Å²) in [4.78, 5) is 8.16. The first kappa shape index (κ1) is 13.9. The highest BCUT2D eigenvalue weighted by Gasteiger charge is 2.33. The van der Waals surface area contributed by atoms with Crippen molar-refractivity contribution in [3.05, 3.63) is 35.5 Å². The van der Waals surface area contributed by atoms with Crippen LogP contribution < -0.4 is 4.90 Å². The molecule has 106 valence electrons. The molecule has 0 radical (unpaired) electrons. The first-order valence-electron chi connectivity index (χ1n) is 7.07. The van der Waals surface area contributed by atoms with Crippen LogP contribution in [0.15, 0.2) is 30.5 Å². The molecule has 0 N–H and O–H groups in total. The highest BCUT2D eigenvalue weighted by molar-refractivity contribution is 7.19. The van der Waals surface area contributed by atoms with Crippen LogP contribution in [0.5, 0.6) is 0 Å². The van der Waals surface area contributed by atoms with Crippen molar-refractivity contribution in [2.24, 2.45) is 5.41 Å². The normalized spacial score (nSPS) is 22.4. The van der Waals surface area contributed by atoms with Crippen molar-refractivity contribution in [3.8, 4) is 10.4 Å².